The van der Waals surface area contributed by atoms with Gasteiger partial charge < -0.3 is 21.1 Å². The first-order valence-electron chi connectivity index (χ1n) is 13.8. The van der Waals surface area contributed by atoms with E-state index >= 15 is 4.39 Å². The molecule has 6 atom stereocenters. The monoisotopic (exact) mass is 593 g/mol. The van der Waals surface area contributed by atoms with Gasteiger partial charge in [0.2, 0.25) is 11.8 Å². The summed E-state index contributed by atoms with van der Waals surface area (Å²) in [4.78, 5) is 28.0. The molecule has 0 unspecified atom stereocenters. The fraction of sp³-hybridized carbons (Fsp3) is 0.533. The van der Waals surface area contributed by atoms with Crippen molar-refractivity contribution in [2.75, 3.05) is 11.9 Å². The van der Waals surface area contributed by atoms with Crippen LogP contribution in [0.4, 0.5) is 14.5 Å². The van der Waals surface area contributed by atoms with E-state index in [1.54, 1.807) is 6.07 Å². The third-order valence-electron chi connectivity index (χ3n) is 8.67. The van der Waals surface area contributed by atoms with Crippen LogP contribution in [0.5, 0.6) is 0 Å². The van der Waals surface area contributed by atoms with Crippen molar-refractivity contribution in [1.29, 1.82) is 0 Å². The standard InChI is InChI=1S/C30H35Cl2F2N3O3/c1-29(2,3)14-23-30(18-12-21(33)20(32)13-22(18)36-28(30)40)24(17-5-4-6-19(31)25(17)34)26(37-23)27(39)35-10-9-15-7-8-16(38)11-15/h4-6,12-13,15-16,23-24,26,37-38H,7-11,14H2,1-3H3,(H,35,39)(H,36,40)/t15-,16+,23-,24+,26-,30+/m1/s1. The minimum absolute atomic E-state index is 0.105. The normalized spacial score (nSPS) is 29.6. The first-order chi connectivity index (χ1) is 18.8. The Labute approximate surface area is 243 Å². The summed E-state index contributed by atoms with van der Waals surface area (Å²) < 4.78 is 30.8. The number of hydrogen-bond acceptors (Lipinski definition) is 4. The summed E-state index contributed by atoms with van der Waals surface area (Å²) in [7, 11) is 0. The van der Waals surface area contributed by atoms with Crippen LogP contribution < -0.4 is 16.0 Å². The van der Waals surface area contributed by atoms with E-state index in [4.69, 9.17) is 23.2 Å². The Hall–Kier alpha value is -2.26. The highest BCUT2D eigenvalue weighted by atomic mass is 35.5. The molecule has 40 heavy (non-hydrogen) atoms. The number of aliphatic hydroxyl groups is 1. The minimum Gasteiger partial charge on any atom is -0.393 e. The molecule has 5 rings (SSSR count). The second-order valence-corrected chi connectivity index (χ2v) is 13.4. The Bertz CT molecular complexity index is 1330. The zero-order chi connectivity index (χ0) is 29.0. The Morgan fingerprint density at radius 2 is 1.93 bits per heavy atom. The lowest BCUT2D eigenvalue weighted by Crippen LogP contribution is -2.49. The smallest absolute Gasteiger partial charge is 0.237 e. The number of fused-ring (bicyclic) bond motifs is 2. The van der Waals surface area contributed by atoms with Gasteiger partial charge in [0, 0.05) is 24.2 Å². The van der Waals surface area contributed by atoms with E-state index in [2.05, 4.69) is 16.0 Å². The van der Waals surface area contributed by atoms with Crippen molar-refractivity contribution < 1.29 is 23.5 Å². The van der Waals surface area contributed by atoms with Crippen LogP contribution in [0.25, 0.3) is 0 Å². The Balaban J connectivity index is 1.61. The van der Waals surface area contributed by atoms with Crippen molar-refractivity contribution in [3.05, 3.63) is 63.1 Å². The number of anilines is 1. The van der Waals surface area contributed by atoms with Gasteiger partial charge in [-0.2, -0.15) is 0 Å². The lowest BCUT2D eigenvalue weighted by atomic mass is 9.62. The molecule has 0 aromatic heterocycles. The van der Waals surface area contributed by atoms with Crippen molar-refractivity contribution in [1.82, 2.24) is 10.6 Å². The van der Waals surface area contributed by atoms with Gasteiger partial charge in [-0.1, -0.05) is 56.1 Å². The maximum Gasteiger partial charge on any atom is 0.237 e. The molecule has 1 aliphatic carbocycles. The predicted molar refractivity (Wildman–Crippen MR) is 152 cm³/mol. The summed E-state index contributed by atoms with van der Waals surface area (Å²) in [6.45, 7) is 6.41. The second-order valence-electron chi connectivity index (χ2n) is 12.6. The molecule has 2 aromatic rings. The molecule has 2 aliphatic heterocycles. The summed E-state index contributed by atoms with van der Waals surface area (Å²) in [6.07, 6.45) is 3.19. The van der Waals surface area contributed by atoms with Gasteiger partial charge in [0.15, 0.2) is 0 Å². The zero-order valence-corrected chi connectivity index (χ0v) is 24.3. The molecular weight excluding hydrogens is 559 g/mol. The molecule has 2 aromatic carbocycles. The summed E-state index contributed by atoms with van der Waals surface area (Å²) >= 11 is 12.3. The van der Waals surface area contributed by atoms with Crippen LogP contribution in [0.1, 0.15) is 69.9 Å². The first kappa shape index (κ1) is 29.2. The fourth-order valence-electron chi connectivity index (χ4n) is 6.98. The Morgan fingerprint density at radius 3 is 2.60 bits per heavy atom. The molecule has 2 fully saturated rings. The van der Waals surface area contributed by atoms with Gasteiger partial charge in [-0.25, -0.2) is 8.78 Å². The van der Waals surface area contributed by atoms with Gasteiger partial charge in [0.05, 0.1) is 22.2 Å². The van der Waals surface area contributed by atoms with Gasteiger partial charge in [-0.15, -0.1) is 0 Å². The maximum absolute atomic E-state index is 15.8. The molecular formula is C30H35Cl2F2N3O3. The molecule has 0 radical (unpaired) electrons. The van der Waals surface area contributed by atoms with Gasteiger partial charge in [-0.05, 0) is 72.8 Å². The van der Waals surface area contributed by atoms with Crippen LogP contribution in [0.15, 0.2) is 30.3 Å². The molecule has 4 N–H and O–H groups in total. The molecule has 2 amide bonds. The highest BCUT2D eigenvalue weighted by Gasteiger charge is 2.66. The topological polar surface area (TPSA) is 90.5 Å². The summed E-state index contributed by atoms with van der Waals surface area (Å²) in [5, 5.41) is 18.8. The van der Waals surface area contributed by atoms with Crippen molar-refractivity contribution in [3.63, 3.8) is 0 Å². The van der Waals surface area contributed by atoms with E-state index in [9.17, 15) is 19.1 Å². The minimum atomic E-state index is -1.52. The van der Waals surface area contributed by atoms with Crippen LogP contribution in [-0.2, 0) is 15.0 Å². The summed E-state index contributed by atoms with van der Waals surface area (Å²) in [5.41, 5.74) is -1.04. The third-order valence-corrected chi connectivity index (χ3v) is 9.25. The van der Waals surface area contributed by atoms with Crippen molar-refractivity contribution in [2.24, 2.45) is 11.3 Å². The molecule has 0 bridgehead atoms. The highest BCUT2D eigenvalue weighted by molar-refractivity contribution is 6.31. The zero-order valence-electron chi connectivity index (χ0n) is 22.8. The number of amides is 2. The fourth-order valence-corrected chi connectivity index (χ4v) is 7.33. The molecule has 10 heteroatoms. The number of hydrogen-bond donors (Lipinski definition) is 4. The average Bonchev–Trinajstić information content (AvgIpc) is 3.51. The molecule has 216 valence electrons. The molecule has 1 saturated carbocycles. The van der Waals surface area contributed by atoms with Gasteiger partial charge in [0.1, 0.15) is 17.0 Å². The molecule has 1 saturated heterocycles. The quantitative estimate of drug-likeness (QED) is 0.346. The van der Waals surface area contributed by atoms with E-state index in [0.717, 1.165) is 12.8 Å². The molecule has 1 spiro atoms. The second kappa shape index (κ2) is 10.9. The van der Waals surface area contributed by atoms with Crippen LogP contribution in [0, 0.1) is 23.0 Å². The van der Waals surface area contributed by atoms with Crippen molar-refractivity contribution >= 4 is 40.7 Å². The number of halogens is 4. The number of rotatable bonds is 6. The van der Waals surface area contributed by atoms with E-state index in [-0.39, 0.29) is 33.0 Å². The lowest BCUT2D eigenvalue weighted by molar-refractivity contribution is -0.123. The molecule has 2 heterocycles. The average molecular weight is 595 g/mol. The van der Waals surface area contributed by atoms with Crippen LogP contribution in [-0.4, -0.2) is 41.7 Å². The largest absolute Gasteiger partial charge is 0.393 e. The predicted octanol–water partition coefficient (Wildman–Crippen LogP) is 5.69. The molecule has 6 nitrogen and oxygen atoms in total. The van der Waals surface area contributed by atoms with Crippen LogP contribution >= 0.6 is 23.2 Å². The van der Waals surface area contributed by atoms with E-state index < -0.39 is 41.0 Å². The number of aliphatic hydroxyl groups excluding tert-OH is 1. The number of benzene rings is 2. The van der Waals surface area contributed by atoms with E-state index in [0.29, 0.717) is 43.0 Å². The van der Waals surface area contributed by atoms with E-state index in [1.165, 1.54) is 24.3 Å². The van der Waals surface area contributed by atoms with Crippen LogP contribution in [0.2, 0.25) is 10.0 Å². The highest BCUT2D eigenvalue weighted by Crippen LogP contribution is 2.57. The summed E-state index contributed by atoms with van der Waals surface area (Å²) in [5.74, 6) is -2.98. The van der Waals surface area contributed by atoms with Gasteiger partial charge >= 0.3 is 0 Å². The van der Waals surface area contributed by atoms with E-state index in [1.807, 2.05) is 20.8 Å². The Morgan fingerprint density at radius 1 is 1.18 bits per heavy atom. The van der Waals surface area contributed by atoms with Crippen LogP contribution in [0.3, 0.4) is 0 Å². The maximum atomic E-state index is 15.8. The van der Waals surface area contributed by atoms with Crippen molar-refractivity contribution in [2.45, 2.75) is 82.4 Å². The number of carbonyl (C=O) groups is 2. The number of carbonyl (C=O) groups excluding carboxylic acids is 2. The molecule has 3 aliphatic rings. The number of nitrogens with one attached hydrogen (secondary N) is 3. The van der Waals surface area contributed by atoms with Crippen molar-refractivity contribution in [3.8, 4) is 0 Å². The van der Waals surface area contributed by atoms with Gasteiger partial charge in [0.25, 0.3) is 0 Å². The van der Waals surface area contributed by atoms with Gasteiger partial charge in [-0.3, -0.25) is 9.59 Å². The lowest BCUT2D eigenvalue weighted by Gasteiger charge is -2.37. The Kier molecular flexibility index (Phi) is 7.94. The third kappa shape index (κ3) is 5.13. The first-order valence-corrected chi connectivity index (χ1v) is 14.5. The SMILES string of the molecule is CC(C)(C)C[C@H]1N[C@@H](C(=O)NCC[C@H]2CC[C@H](O)C2)[C@H](c2cccc(Cl)c2F)[C@@]12C(=O)Nc1cc(Cl)c(F)cc12. The summed E-state index contributed by atoms with van der Waals surface area (Å²) in [6, 6.07) is 5.48.